The smallest absolute Gasteiger partial charge is 0.221 e. The normalized spacial score (nSPS) is 9.65. The van der Waals surface area contributed by atoms with E-state index in [1.165, 1.54) is 6.92 Å². The molecule has 0 aliphatic rings. The van der Waals surface area contributed by atoms with Gasteiger partial charge >= 0.3 is 0 Å². The summed E-state index contributed by atoms with van der Waals surface area (Å²) in [5.41, 5.74) is 2.87. The average molecular weight is 330 g/mol. The lowest BCUT2D eigenvalue weighted by atomic mass is 10.2. The highest BCUT2D eigenvalue weighted by Gasteiger charge is 2.03. The summed E-state index contributed by atoms with van der Waals surface area (Å²) in [5, 5.41) is 15.0. The molecule has 0 radical (unpaired) electrons. The van der Waals surface area contributed by atoms with Crippen molar-refractivity contribution < 1.29 is 4.79 Å². The van der Waals surface area contributed by atoms with Gasteiger partial charge in [-0.3, -0.25) is 4.79 Å². The Kier molecular flexibility index (Phi) is 4.38. The number of hydrogen-bond donors (Lipinski definition) is 2. The molecular weight excluding hydrogens is 318 g/mol. The predicted octanol–water partition coefficient (Wildman–Crippen LogP) is 4.02. The topological polar surface area (TPSA) is 64.9 Å². The van der Waals surface area contributed by atoms with Gasteiger partial charge in [-0.2, -0.15) is 5.26 Å². The lowest BCUT2D eigenvalue weighted by molar-refractivity contribution is -0.114. The zero-order valence-electron chi connectivity index (χ0n) is 10.8. The van der Waals surface area contributed by atoms with Crippen LogP contribution >= 0.6 is 15.9 Å². The van der Waals surface area contributed by atoms with Gasteiger partial charge in [0.1, 0.15) is 6.07 Å². The van der Waals surface area contributed by atoms with E-state index in [9.17, 15) is 4.79 Å². The summed E-state index contributed by atoms with van der Waals surface area (Å²) in [5.74, 6) is -0.107. The second kappa shape index (κ2) is 6.22. The number of nitrogens with zero attached hydrogens (tertiary/aromatic N) is 1. The number of carbonyl (C=O) groups excluding carboxylic acids is 1. The minimum atomic E-state index is -0.107. The molecule has 2 N–H and O–H groups in total. The van der Waals surface area contributed by atoms with E-state index in [0.29, 0.717) is 5.56 Å². The maximum atomic E-state index is 10.9. The second-order valence-corrected chi connectivity index (χ2v) is 5.10. The molecule has 20 heavy (non-hydrogen) atoms. The number of halogens is 1. The molecular formula is C15H12BrN3O. The summed E-state index contributed by atoms with van der Waals surface area (Å²) in [7, 11) is 0. The molecule has 1 amide bonds. The van der Waals surface area contributed by atoms with Gasteiger partial charge in [0.2, 0.25) is 5.91 Å². The fourth-order valence-electron chi connectivity index (χ4n) is 1.71. The molecule has 4 nitrogen and oxygen atoms in total. The molecule has 0 atom stereocenters. The van der Waals surface area contributed by atoms with E-state index in [0.717, 1.165) is 21.5 Å². The van der Waals surface area contributed by atoms with Crippen LogP contribution in [0.4, 0.5) is 17.1 Å². The van der Waals surface area contributed by atoms with E-state index < -0.39 is 0 Å². The summed E-state index contributed by atoms with van der Waals surface area (Å²) in [6.45, 7) is 1.47. The maximum absolute atomic E-state index is 10.9. The van der Waals surface area contributed by atoms with Crippen LogP contribution < -0.4 is 10.6 Å². The van der Waals surface area contributed by atoms with E-state index in [2.05, 4.69) is 32.6 Å². The first-order chi connectivity index (χ1) is 9.58. The quantitative estimate of drug-likeness (QED) is 0.893. The number of benzene rings is 2. The molecule has 100 valence electrons. The summed E-state index contributed by atoms with van der Waals surface area (Å²) in [6.07, 6.45) is 0. The molecule has 0 aromatic heterocycles. The van der Waals surface area contributed by atoms with Crippen LogP contribution in [0.15, 0.2) is 46.9 Å². The molecule has 2 aromatic rings. The van der Waals surface area contributed by atoms with Crippen LogP contribution in [0.1, 0.15) is 12.5 Å². The zero-order valence-corrected chi connectivity index (χ0v) is 12.4. The van der Waals surface area contributed by atoms with Crippen LogP contribution in [0.2, 0.25) is 0 Å². The van der Waals surface area contributed by atoms with Gasteiger partial charge in [0.15, 0.2) is 0 Å². The fourth-order valence-corrected chi connectivity index (χ4v) is 2.07. The highest BCUT2D eigenvalue weighted by atomic mass is 79.9. The molecule has 0 bridgehead atoms. The Morgan fingerprint density at radius 1 is 1.15 bits per heavy atom. The minimum absolute atomic E-state index is 0.107. The monoisotopic (exact) mass is 329 g/mol. The predicted molar refractivity (Wildman–Crippen MR) is 82.9 cm³/mol. The lowest BCUT2D eigenvalue weighted by Crippen LogP contribution is -2.05. The van der Waals surface area contributed by atoms with Crippen LogP contribution in [-0.4, -0.2) is 5.91 Å². The first-order valence-corrected chi connectivity index (χ1v) is 6.72. The van der Waals surface area contributed by atoms with Crippen molar-refractivity contribution in [3.8, 4) is 6.07 Å². The van der Waals surface area contributed by atoms with Gasteiger partial charge in [0.25, 0.3) is 0 Å². The molecule has 0 unspecified atom stereocenters. The van der Waals surface area contributed by atoms with Crippen molar-refractivity contribution in [3.05, 3.63) is 52.5 Å². The molecule has 0 aliphatic carbocycles. The van der Waals surface area contributed by atoms with Crippen LogP contribution in [0.25, 0.3) is 0 Å². The van der Waals surface area contributed by atoms with Crippen molar-refractivity contribution in [2.45, 2.75) is 6.92 Å². The molecule has 0 spiro atoms. The standard InChI is InChI=1S/C15H12BrN3O/c1-10(20)18-13-4-6-14(7-5-13)19-15-8-12(16)3-2-11(15)9-17/h2-8,19H,1H3,(H,18,20). The number of nitriles is 1. The molecule has 0 heterocycles. The van der Waals surface area contributed by atoms with Crippen LogP contribution in [0.3, 0.4) is 0 Å². The summed E-state index contributed by atoms with van der Waals surface area (Å²) in [4.78, 5) is 10.9. The maximum Gasteiger partial charge on any atom is 0.221 e. The van der Waals surface area contributed by atoms with Gasteiger partial charge in [-0.1, -0.05) is 15.9 Å². The van der Waals surface area contributed by atoms with E-state index in [1.807, 2.05) is 24.3 Å². The first kappa shape index (κ1) is 14.1. The number of carbonyl (C=O) groups is 1. The van der Waals surface area contributed by atoms with Gasteiger partial charge in [0.05, 0.1) is 11.3 Å². The van der Waals surface area contributed by atoms with Crippen molar-refractivity contribution in [1.82, 2.24) is 0 Å². The Morgan fingerprint density at radius 2 is 1.80 bits per heavy atom. The number of rotatable bonds is 3. The Balaban J connectivity index is 2.20. The van der Waals surface area contributed by atoms with Gasteiger partial charge in [-0.15, -0.1) is 0 Å². The van der Waals surface area contributed by atoms with Crippen molar-refractivity contribution in [2.75, 3.05) is 10.6 Å². The largest absolute Gasteiger partial charge is 0.354 e. The van der Waals surface area contributed by atoms with E-state index in [4.69, 9.17) is 5.26 Å². The van der Waals surface area contributed by atoms with Gasteiger partial charge < -0.3 is 10.6 Å². The van der Waals surface area contributed by atoms with Crippen molar-refractivity contribution in [2.24, 2.45) is 0 Å². The molecule has 0 fully saturated rings. The first-order valence-electron chi connectivity index (χ1n) is 5.93. The van der Waals surface area contributed by atoms with Crippen molar-refractivity contribution in [1.29, 1.82) is 5.26 Å². The molecule has 0 saturated heterocycles. The zero-order chi connectivity index (χ0) is 14.5. The Morgan fingerprint density at radius 3 is 2.40 bits per heavy atom. The number of amides is 1. The molecule has 2 aromatic carbocycles. The van der Waals surface area contributed by atoms with Crippen LogP contribution in [0, 0.1) is 11.3 Å². The molecule has 0 aliphatic heterocycles. The second-order valence-electron chi connectivity index (χ2n) is 4.19. The van der Waals surface area contributed by atoms with E-state index >= 15 is 0 Å². The molecule has 2 rings (SSSR count). The van der Waals surface area contributed by atoms with Crippen LogP contribution in [0.5, 0.6) is 0 Å². The highest BCUT2D eigenvalue weighted by Crippen LogP contribution is 2.25. The Labute approximate surface area is 125 Å². The lowest BCUT2D eigenvalue weighted by Gasteiger charge is -2.09. The van der Waals surface area contributed by atoms with Crippen molar-refractivity contribution in [3.63, 3.8) is 0 Å². The number of anilines is 3. The summed E-state index contributed by atoms with van der Waals surface area (Å²) < 4.78 is 0.897. The summed E-state index contributed by atoms with van der Waals surface area (Å²) >= 11 is 3.38. The van der Waals surface area contributed by atoms with E-state index in [-0.39, 0.29) is 5.91 Å². The third-order valence-electron chi connectivity index (χ3n) is 2.59. The molecule has 0 saturated carbocycles. The minimum Gasteiger partial charge on any atom is -0.354 e. The van der Waals surface area contributed by atoms with Gasteiger partial charge in [0, 0.05) is 22.8 Å². The van der Waals surface area contributed by atoms with E-state index in [1.54, 1.807) is 18.2 Å². The summed E-state index contributed by atoms with van der Waals surface area (Å²) in [6, 6.07) is 14.8. The number of hydrogen-bond acceptors (Lipinski definition) is 3. The third-order valence-corrected chi connectivity index (χ3v) is 3.08. The third kappa shape index (κ3) is 3.59. The van der Waals surface area contributed by atoms with Crippen molar-refractivity contribution >= 4 is 38.9 Å². The molecule has 5 heteroatoms. The fraction of sp³-hybridized carbons (Fsp3) is 0.0667. The highest BCUT2D eigenvalue weighted by molar-refractivity contribution is 9.10. The van der Waals surface area contributed by atoms with Gasteiger partial charge in [-0.05, 0) is 42.5 Å². The van der Waals surface area contributed by atoms with Crippen LogP contribution in [-0.2, 0) is 4.79 Å². The SMILES string of the molecule is CC(=O)Nc1ccc(Nc2cc(Br)ccc2C#N)cc1. The van der Waals surface area contributed by atoms with Gasteiger partial charge in [-0.25, -0.2) is 0 Å². The Bertz CT molecular complexity index is 675. The number of nitrogens with one attached hydrogen (secondary N) is 2. The average Bonchev–Trinajstić information content (AvgIpc) is 2.41. The Hall–Kier alpha value is -2.32.